The van der Waals surface area contributed by atoms with E-state index in [0.29, 0.717) is 35.1 Å². The van der Waals surface area contributed by atoms with E-state index < -0.39 is 0 Å². The van der Waals surface area contributed by atoms with Gasteiger partial charge in [-0.3, -0.25) is 4.79 Å². The van der Waals surface area contributed by atoms with Crippen LogP contribution >= 0.6 is 11.8 Å². The van der Waals surface area contributed by atoms with Gasteiger partial charge in [0.25, 0.3) is 11.1 Å². The second-order valence-electron chi connectivity index (χ2n) is 6.81. The molecule has 0 aliphatic rings. The van der Waals surface area contributed by atoms with Gasteiger partial charge in [-0.15, -0.1) is 10.2 Å². The molecular formula is C21H19N5O4S. The molecule has 31 heavy (non-hydrogen) atoms. The Morgan fingerprint density at radius 2 is 2.06 bits per heavy atom. The minimum atomic E-state index is -0.293. The van der Waals surface area contributed by atoms with E-state index in [0.717, 1.165) is 28.8 Å². The second-order valence-corrected chi connectivity index (χ2v) is 7.74. The zero-order chi connectivity index (χ0) is 22.0. The van der Waals surface area contributed by atoms with Crippen molar-refractivity contribution in [2.75, 3.05) is 11.1 Å². The summed E-state index contributed by atoms with van der Waals surface area (Å²) in [6.07, 6.45) is 3.13. The fourth-order valence-electron chi connectivity index (χ4n) is 3.17. The second kappa shape index (κ2) is 8.57. The Bertz CT molecular complexity index is 1260. The predicted molar refractivity (Wildman–Crippen MR) is 113 cm³/mol. The topological polar surface area (TPSA) is 123 Å². The maximum absolute atomic E-state index is 12.6. The maximum Gasteiger partial charge on any atom is 0.277 e. The summed E-state index contributed by atoms with van der Waals surface area (Å²) in [6, 6.07) is 7.57. The van der Waals surface area contributed by atoms with Crippen molar-refractivity contribution >= 4 is 23.5 Å². The molecule has 0 saturated carbocycles. The number of aryl methyl sites for hydroxylation is 1. The largest absolute Gasteiger partial charge is 0.469 e. The van der Waals surface area contributed by atoms with Crippen molar-refractivity contribution in [3.05, 3.63) is 59.1 Å². The highest BCUT2D eigenvalue weighted by Crippen LogP contribution is 2.29. The van der Waals surface area contributed by atoms with Crippen LogP contribution in [0.4, 0.5) is 5.82 Å². The molecule has 0 aliphatic carbocycles. The lowest BCUT2D eigenvalue weighted by Gasteiger charge is -2.11. The standard InChI is InChI=1S/C21H19N5O4S/c1-12-13(2)26(10-15-5-4-7-29-15)19(17(12)9-22)23-18(27)11-31-21-25-24-20(30-21)16-6-8-28-14(16)3/h4-8H,10-11H2,1-3H3,(H,23,27). The van der Waals surface area contributed by atoms with Gasteiger partial charge in [0.05, 0.1) is 36.0 Å². The average Bonchev–Trinajstić information content (AvgIpc) is 3.53. The number of hydrogen-bond donors (Lipinski definition) is 1. The van der Waals surface area contributed by atoms with Gasteiger partial charge in [-0.2, -0.15) is 5.26 Å². The highest BCUT2D eigenvalue weighted by molar-refractivity contribution is 7.99. The highest BCUT2D eigenvalue weighted by Gasteiger charge is 2.21. The van der Waals surface area contributed by atoms with Crippen LogP contribution in [0, 0.1) is 32.1 Å². The molecule has 10 heteroatoms. The molecule has 0 bridgehead atoms. The van der Waals surface area contributed by atoms with Crippen LogP contribution in [0.2, 0.25) is 0 Å². The van der Waals surface area contributed by atoms with E-state index in [4.69, 9.17) is 13.3 Å². The summed E-state index contributed by atoms with van der Waals surface area (Å²) < 4.78 is 18.1. The van der Waals surface area contributed by atoms with Gasteiger partial charge in [-0.1, -0.05) is 11.8 Å². The third-order valence-electron chi connectivity index (χ3n) is 4.92. The molecule has 0 aromatic carbocycles. The van der Waals surface area contributed by atoms with Crippen LogP contribution in [0.3, 0.4) is 0 Å². The van der Waals surface area contributed by atoms with Crippen molar-refractivity contribution in [1.82, 2.24) is 14.8 Å². The lowest BCUT2D eigenvalue weighted by molar-refractivity contribution is -0.113. The highest BCUT2D eigenvalue weighted by atomic mass is 32.2. The lowest BCUT2D eigenvalue weighted by Crippen LogP contribution is -2.18. The van der Waals surface area contributed by atoms with E-state index in [1.165, 1.54) is 0 Å². The van der Waals surface area contributed by atoms with Crippen LogP contribution in [-0.2, 0) is 11.3 Å². The van der Waals surface area contributed by atoms with Gasteiger partial charge >= 0.3 is 0 Å². The molecule has 0 saturated heterocycles. The number of aromatic nitrogens is 3. The summed E-state index contributed by atoms with van der Waals surface area (Å²) in [6.45, 7) is 5.96. The van der Waals surface area contributed by atoms with Gasteiger partial charge < -0.3 is 23.1 Å². The molecule has 4 aromatic heterocycles. The third-order valence-corrected chi connectivity index (χ3v) is 5.73. The number of nitrogens with one attached hydrogen (secondary N) is 1. The zero-order valence-corrected chi connectivity index (χ0v) is 17.9. The van der Waals surface area contributed by atoms with Crippen LogP contribution in [0.1, 0.15) is 28.3 Å². The van der Waals surface area contributed by atoms with E-state index in [2.05, 4.69) is 21.6 Å². The number of rotatable bonds is 7. The Kier molecular flexibility index (Phi) is 5.68. The Morgan fingerprint density at radius 1 is 1.23 bits per heavy atom. The summed E-state index contributed by atoms with van der Waals surface area (Å²) in [5, 5.41) is 20.7. The van der Waals surface area contributed by atoms with Crippen molar-refractivity contribution in [3.8, 4) is 17.5 Å². The Morgan fingerprint density at radius 3 is 2.74 bits per heavy atom. The lowest BCUT2D eigenvalue weighted by atomic mass is 10.2. The molecule has 158 valence electrons. The first-order chi connectivity index (χ1) is 15.0. The summed E-state index contributed by atoms with van der Waals surface area (Å²) >= 11 is 1.11. The monoisotopic (exact) mass is 437 g/mol. The normalized spacial score (nSPS) is 10.9. The summed E-state index contributed by atoms with van der Waals surface area (Å²) in [4.78, 5) is 12.6. The van der Waals surface area contributed by atoms with Gasteiger partial charge in [-0.05, 0) is 44.5 Å². The van der Waals surface area contributed by atoms with Crippen molar-refractivity contribution in [2.45, 2.75) is 32.5 Å². The number of carbonyl (C=O) groups excluding carboxylic acids is 1. The van der Waals surface area contributed by atoms with Crippen LogP contribution in [-0.4, -0.2) is 26.4 Å². The molecule has 4 rings (SSSR count). The first-order valence-corrected chi connectivity index (χ1v) is 10.4. The molecule has 0 aliphatic heterocycles. The Labute approximate surface area is 182 Å². The number of nitriles is 1. The van der Waals surface area contributed by atoms with E-state index >= 15 is 0 Å². The van der Waals surface area contributed by atoms with E-state index in [1.54, 1.807) is 31.6 Å². The van der Waals surface area contributed by atoms with Gasteiger partial charge in [-0.25, -0.2) is 0 Å². The smallest absolute Gasteiger partial charge is 0.277 e. The number of hydrogen-bond acceptors (Lipinski definition) is 8. The Balaban J connectivity index is 1.47. The molecule has 0 radical (unpaired) electrons. The molecule has 1 amide bonds. The average molecular weight is 437 g/mol. The first kappa shape index (κ1) is 20.6. The molecule has 0 spiro atoms. The minimum Gasteiger partial charge on any atom is -0.469 e. The van der Waals surface area contributed by atoms with Gasteiger partial charge in [0.1, 0.15) is 23.4 Å². The number of furan rings is 2. The number of thioether (sulfide) groups is 1. The third kappa shape index (κ3) is 4.13. The molecule has 0 fully saturated rings. The van der Waals surface area contributed by atoms with Gasteiger partial charge in [0.15, 0.2) is 0 Å². The quantitative estimate of drug-likeness (QED) is 0.425. The van der Waals surface area contributed by atoms with Crippen LogP contribution in [0.25, 0.3) is 11.5 Å². The first-order valence-electron chi connectivity index (χ1n) is 9.40. The number of nitrogens with zero attached hydrogens (tertiary/aromatic N) is 4. The predicted octanol–water partition coefficient (Wildman–Crippen LogP) is 4.30. The molecule has 0 unspecified atom stereocenters. The van der Waals surface area contributed by atoms with Crippen LogP contribution in [0.5, 0.6) is 0 Å². The summed E-state index contributed by atoms with van der Waals surface area (Å²) in [5.74, 6) is 1.92. The van der Waals surface area contributed by atoms with E-state index in [9.17, 15) is 10.1 Å². The zero-order valence-electron chi connectivity index (χ0n) is 17.1. The van der Waals surface area contributed by atoms with Crippen molar-refractivity contribution in [1.29, 1.82) is 5.26 Å². The molecule has 4 heterocycles. The minimum absolute atomic E-state index is 0.0426. The fraction of sp³-hybridized carbons (Fsp3) is 0.238. The molecule has 0 atom stereocenters. The van der Waals surface area contributed by atoms with Crippen LogP contribution in [0.15, 0.2) is 49.2 Å². The molecule has 9 nitrogen and oxygen atoms in total. The van der Waals surface area contributed by atoms with E-state index in [-0.39, 0.29) is 16.9 Å². The maximum atomic E-state index is 12.6. The van der Waals surface area contributed by atoms with Crippen molar-refractivity contribution in [3.63, 3.8) is 0 Å². The van der Waals surface area contributed by atoms with Crippen molar-refractivity contribution < 1.29 is 18.0 Å². The molecular weight excluding hydrogens is 418 g/mol. The summed E-state index contributed by atoms with van der Waals surface area (Å²) in [7, 11) is 0. The number of carbonyl (C=O) groups is 1. The Hall–Kier alpha value is -3.71. The van der Waals surface area contributed by atoms with Gasteiger partial charge in [0, 0.05) is 5.69 Å². The number of amides is 1. The van der Waals surface area contributed by atoms with Crippen molar-refractivity contribution in [2.24, 2.45) is 0 Å². The number of anilines is 1. The van der Waals surface area contributed by atoms with E-state index in [1.807, 2.05) is 24.5 Å². The fourth-order valence-corrected chi connectivity index (χ4v) is 3.73. The van der Waals surface area contributed by atoms with Crippen LogP contribution < -0.4 is 5.32 Å². The molecule has 1 N–H and O–H groups in total. The molecule has 4 aromatic rings. The SMILES string of the molecule is Cc1occc1-c1nnc(SCC(=O)Nc2c(C#N)c(C)c(C)n2Cc2ccco2)o1. The summed E-state index contributed by atoms with van der Waals surface area (Å²) in [5.41, 5.74) is 2.84. The van der Waals surface area contributed by atoms with Gasteiger partial charge in [0.2, 0.25) is 5.91 Å².